The van der Waals surface area contributed by atoms with Gasteiger partial charge in [0.2, 0.25) is 11.5 Å². The van der Waals surface area contributed by atoms with Gasteiger partial charge >= 0.3 is 5.97 Å². The Morgan fingerprint density at radius 3 is 1.88 bits per heavy atom. The molecule has 0 heterocycles. The number of hydrogen-bond donors (Lipinski definition) is 1. The number of allylic oxidation sites excluding steroid dienone is 1. The topological polar surface area (TPSA) is 92.7 Å². The Balaban J connectivity index is 2.43. The van der Waals surface area contributed by atoms with Gasteiger partial charge in [0.1, 0.15) is 12.2 Å². The molecule has 0 amide bonds. The molecule has 174 valence electrons. The van der Waals surface area contributed by atoms with Gasteiger partial charge in [-0.1, -0.05) is 12.2 Å². The average Bonchev–Trinajstić information content (AvgIpc) is 2.78. The van der Waals surface area contributed by atoms with Crippen molar-refractivity contribution in [2.75, 3.05) is 28.4 Å². The molecule has 0 aliphatic carbocycles. The largest absolute Gasteiger partial charge is 0.493 e. The molecule has 8 heteroatoms. The SMILES string of the molecule is CC=Cc1cc(OC)c(OC(C)C(O)c2cc(OC)c(OC)c(OC(C)=O)c2)c(OC)c1. The third kappa shape index (κ3) is 5.64. The van der Waals surface area contributed by atoms with E-state index in [1.807, 2.05) is 31.2 Å². The van der Waals surface area contributed by atoms with Crippen molar-refractivity contribution in [3.63, 3.8) is 0 Å². The van der Waals surface area contributed by atoms with Crippen molar-refractivity contribution in [1.29, 1.82) is 0 Å². The molecule has 2 atom stereocenters. The number of methoxy groups -OCH3 is 4. The lowest BCUT2D eigenvalue weighted by Gasteiger charge is -2.24. The highest BCUT2D eigenvalue weighted by atomic mass is 16.6. The molecule has 0 bridgehead atoms. The van der Waals surface area contributed by atoms with E-state index in [0.717, 1.165) is 5.56 Å². The fourth-order valence-corrected chi connectivity index (χ4v) is 3.18. The Morgan fingerprint density at radius 1 is 0.875 bits per heavy atom. The maximum absolute atomic E-state index is 11.5. The van der Waals surface area contributed by atoms with Gasteiger partial charge in [0.25, 0.3) is 0 Å². The molecule has 0 radical (unpaired) electrons. The highest BCUT2D eigenvalue weighted by Crippen LogP contribution is 2.43. The second-order valence-electron chi connectivity index (χ2n) is 6.87. The maximum atomic E-state index is 11.5. The normalized spacial score (nSPS) is 12.8. The van der Waals surface area contributed by atoms with E-state index in [2.05, 4.69) is 0 Å². The predicted octanol–water partition coefficient (Wildman–Crippen LogP) is 4.18. The van der Waals surface area contributed by atoms with Crippen LogP contribution in [-0.2, 0) is 4.79 Å². The molecule has 0 saturated carbocycles. The van der Waals surface area contributed by atoms with Crippen LogP contribution in [0.1, 0.15) is 38.0 Å². The fraction of sp³-hybridized carbons (Fsp3) is 0.375. The van der Waals surface area contributed by atoms with Crippen molar-refractivity contribution in [2.45, 2.75) is 33.0 Å². The van der Waals surface area contributed by atoms with Gasteiger partial charge in [0.15, 0.2) is 23.0 Å². The van der Waals surface area contributed by atoms with Crippen LogP contribution < -0.4 is 28.4 Å². The van der Waals surface area contributed by atoms with Gasteiger partial charge in [-0.05, 0) is 49.2 Å². The van der Waals surface area contributed by atoms with Crippen molar-refractivity contribution < 1.29 is 38.3 Å². The summed E-state index contributed by atoms with van der Waals surface area (Å²) in [6.45, 7) is 4.89. The Hall–Kier alpha value is -3.39. The summed E-state index contributed by atoms with van der Waals surface area (Å²) in [4.78, 5) is 11.5. The van der Waals surface area contributed by atoms with E-state index in [1.54, 1.807) is 13.0 Å². The summed E-state index contributed by atoms with van der Waals surface area (Å²) < 4.78 is 32.9. The number of hydrogen-bond acceptors (Lipinski definition) is 8. The minimum Gasteiger partial charge on any atom is -0.493 e. The van der Waals surface area contributed by atoms with Gasteiger partial charge in [0.05, 0.1) is 28.4 Å². The van der Waals surface area contributed by atoms with Gasteiger partial charge in [0, 0.05) is 6.92 Å². The average molecular weight is 446 g/mol. The summed E-state index contributed by atoms with van der Waals surface area (Å²) in [6, 6.07) is 6.73. The first-order valence-electron chi connectivity index (χ1n) is 9.97. The van der Waals surface area contributed by atoms with Crippen molar-refractivity contribution in [3.8, 4) is 34.5 Å². The van der Waals surface area contributed by atoms with Crippen LogP contribution >= 0.6 is 0 Å². The van der Waals surface area contributed by atoms with Crippen LogP contribution in [0.15, 0.2) is 30.3 Å². The van der Waals surface area contributed by atoms with Crippen LogP contribution in [0.25, 0.3) is 6.08 Å². The zero-order valence-electron chi connectivity index (χ0n) is 19.4. The number of aliphatic hydroxyl groups excluding tert-OH is 1. The molecular formula is C24H30O8. The highest BCUT2D eigenvalue weighted by Gasteiger charge is 2.26. The molecule has 0 fully saturated rings. The van der Waals surface area contributed by atoms with Crippen LogP contribution in [0, 0.1) is 0 Å². The van der Waals surface area contributed by atoms with Gasteiger partial charge < -0.3 is 33.5 Å². The molecule has 2 rings (SSSR count). The van der Waals surface area contributed by atoms with E-state index in [-0.39, 0.29) is 11.5 Å². The van der Waals surface area contributed by atoms with Crippen molar-refractivity contribution >= 4 is 12.0 Å². The fourth-order valence-electron chi connectivity index (χ4n) is 3.18. The summed E-state index contributed by atoms with van der Waals surface area (Å²) in [5, 5.41) is 11.0. The molecule has 0 saturated heterocycles. The van der Waals surface area contributed by atoms with Crippen molar-refractivity contribution in [1.82, 2.24) is 0 Å². The lowest BCUT2D eigenvalue weighted by Crippen LogP contribution is -2.22. The Bertz CT molecular complexity index is 942. The standard InChI is InChI=1S/C24H30O8/c1-8-9-16-10-18(27-4)24(19(11-16)28-5)31-14(2)22(26)17-12-20(29-6)23(30-7)21(13-17)32-15(3)25/h8-14,22,26H,1-7H3. The maximum Gasteiger partial charge on any atom is 0.308 e. The number of benzene rings is 2. The van der Waals surface area contributed by atoms with Gasteiger partial charge in [-0.3, -0.25) is 4.79 Å². The van der Waals surface area contributed by atoms with E-state index >= 15 is 0 Å². The number of esters is 1. The van der Waals surface area contributed by atoms with Crippen LogP contribution in [0.3, 0.4) is 0 Å². The summed E-state index contributed by atoms with van der Waals surface area (Å²) in [5.41, 5.74) is 1.29. The van der Waals surface area contributed by atoms with Gasteiger partial charge in [-0.15, -0.1) is 0 Å². The zero-order chi connectivity index (χ0) is 23.8. The summed E-state index contributed by atoms with van der Waals surface area (Å²) in [5.74, 6) is 1.43. The number of aliphatic hydroxyl groups is 1. The first-order chi connectivity index (χ1) is 15.3. The number of rotatable bonds is 10. The van der Waals surface area contributed by atoms with Crippen molar-refractivity contribution in [3.05, 3.63) is 41.5 Å². The Labute approximate surface area is 188 Å². The summed E-state index contributed by atoms with van der Waals surface area (Å²) in [6.07, 6.45) is 1.98. The molecule has 2 aromatic rings. The molecule has 2 unspecified atom stereocenters. The van der Waals surface area contributed by atoms with E-state index in [1.165, 1.54) is 41.4 Å². The highest BCUT2D eigenvalue weighted by molar-refractivity contribution is 5.71. The zero-order valence-corrected chi connectivity index (χ0v) is 19.4. The van der Waals surface area contributed by atoms with Crippen LogP contribution in [0.4, 0.5) is 0 Å². The molecular weight excluding hydrogens is 416 g/mol. The lowest BCUT2D eigenvalue weighted by atomic mass is 10.0. The minimum absolute atomic E-state index is 0.131. The summed E-state index contributed by atoms with van der Waals surface area (Å²) >= 11 is 0. The van der Waals surface area contributed by atoms with Crippen LogP contribution in [0.5, 0.6) is 34.5 Å². The molecule has 0 aliphatic rings. The third-order valence-electron chi connectivity index (χ3n) is 4.65. The summed E-state index contributed by atoms with van der Waals surface area (Å²) in [7, 11) is 5.94. The van der Waals surface area contributed by atoms with Crippen LogP contribution in [0.2, 0.25) is 0 Å². The molecule has 32 heavy (non-hydrogen) atoms. The molecule has 1 N–H and O–H groups in total. The minimum atomic E-state index is -1.10. The lowest BCUT2D eigenvalue weighted by molar-refractivity contribution is -0.132. The second-order valence-corrected chi connectivity index (χ2v) is 6.87. The molecule has 8 nitrogen and oxygen atoms in total. The second kappa shape index (κ2) is 11.3. The van der Waals surface area contributed by atoms with E-state index < -0.39 is 18.2 Å². The number of carbonyl (C=O) groups excluding carboxylic acids is 1. The van der Waals surface area contributed by atoms with E-state index in [0.29, 0.717) is 28.6 Å². The molecule has 2 aromatic carbocycles. The van der Waals surface area contributed by atoms with Crippen molar-refractivity contribution in [2.24, 2.45) is 0 Å². The van der Waals surface area contributed by atoms with Crippen LogP contribution in [-0.4, -0.2) is 45.6 Å². The predicted molar refractivity (Wildman–Crippen MR) is 120 cm³/mol. The quantitative estimate of drug-likeness (QED) is 0.429. The first-order valence-corrected chi connectivity index (χ1v) is 9.97. The molecule has 0 spiro atoms. The van der Waals surface area contributed by atoms with E-state index in [4.69, 9.17) is 28.4 Å². The third-order valence-corrected chi connectivity index (χ3v) is 4.65. The Morgan fingerprint density at radius 2 is 1.41 bits per heavy atom. The molecule has 0 aromatic heterocycles. The van der Waals surface area contributed by atoms with E-state index in [9.17, 15) is 9.90 Å². The smallest absolute Gasteiger partial charge is 0.308 e. The molecule has 0 aliphatic heterocycles. The van der Waals surface area contributed by atoms with Gasteiger partial charge in [-0.25, -0.2) is 0 Å². The Kier molecular flexibility index (Phi) is 8.78. The number of ether oxygens (including phenoxy) is 6. The first kappa shape index (κ1) is 24.9. The van der Waals surface area contributed by atoms with Gasteiger partial charge in [-0.2, -0.15) is 0 Å². The monoisotopic (exact) mass is 446 g/mol. The number of carbonyl (C=O) groups is 1.